The predicted molar refractivity (Wildman–Crippen MR) is 111 cm³/mol. The maximum atomic E-state index is 11.5. The van der Waals surface area contributed by atoms with Crippen molar-refractivity contribution in [1.29, 1.82) is 0 Å². The van der Waals surface area contributed by atoms with Crippen molar-refractivity contribution < 1.29 is 19.4 Å². The van der Waals surface area contributed by atoms with Gasteiger partial charge < -0.3 is 9.84 Å². The van der Waals surface area contributed by atoms with Crippen LogP contribution in [0.15, 0.2) is 61.4 Å². The number of aromatic nitrogens is 6. The number of hydrogen-bond acceptors (Lipinski definition) is 7. The highest BCUT2D eigenvalue weighted by Crippen LogP contribution is 2.22. The molecule has 4 rings (SSSR count). The van der Waals surface area contributed by atoms with Gasteiger partial charge in [0.05, 0.1) is 7.11 Å². The average molecular weight is 420 g/mol. The monoisotopic (exact) mass is 420 g/mol. The van der Waals surface area contributed by atoms with Crippen LogP contribution in [-0.2, 0) is 18.8 Å². The summed E-state index contributed by atoms with van der Waals surface area (Å²) >= 11 is 0. The van der Waals surface area contributed by atoms with Crippen LogP contribution in [0.1, 0.15) is 21.0 Å². The lowest BCUT2D eigenvalue weighted by atomic mass is 10.1. The van der Waals surface area contributed by atoms with Crippen molar-refractivity contribution in [2.45, 2.75) is 0 Å². The van der Waals surface area contributed by atoms with E-state index in [1.807, 2.05) is 12.1 Å². The maximum absolute atomic E-state index is 11.5. The molecule has 0 aromatic carbocycles. The molecule has 0 amide bonds. The summed E-state index contributed by atoms with van der Waals surface area (Å²) in [6, 6.07) is 7.24. The number of ether oxygens (including phenoxy) is 1. The molecule has 4 aromatic rings. The van der Waals surface area contributed by atoms with Crippen molar-refractivity contribution in [2.75, 3.05) is 7.11 Å². The summed E-state index contributed by atoms with van der Waals surface area (Å²) < 4.78 is 7.73. The van der Waals surface area contributed by atoms with Crippen LogP contribution in [0.2, 0.25) is 0 Å². The van der Waals surface area contributed by atoms with Crippen molar-refractivity contribution in [2.24, 2.45) is 14.1 Å². The third-order valence-electron chi connectivity index (χ3n) is 4.18. The summed E-state index contributed by atoms with van der Waals surface area (Å²) in [6.45, 7) is 0. The lowest BCUT2D eigenvalue weighted by molar-refractivity contribution is 0.0593. The Morgan fingerprint density at radius 2 is 1.35 bits per heavy atom. The molecule has 4 aromatic heterocycles. The van der Waals surface area contributed by atoms with Gasteiger partial charge in [0.1, 0.15) is 0 Å². The van der Waals surface area contributed by atoms with Crippen molar-refractivity contribution in [1.82, 2.24) is 29.5 Å². The molecular formula is C21H20N6O4. The number of pyridine rings is 2. The number of carbonyl (C=O) groups is 2. The molecule has 10 heteroatoms. The molecule has 0 saturated carbocycles. The van der Waals surface area contributed by atoms with E-state index in [4.69, 9.17) is 5.11 Å². The molecule has 10 nitrogen and oxygen atoms in total. The molecule has 1 N–H and O–H groups in total. The molecule has 0 unspecified atom stereocenters. The number of carboxylic acids is 1. The van der Waals surface area contributed by atoms with Crippen molar-refractivity contribution in [3.8, 4) is 22.3 Å². The van der Waals surface area contributed by atoms with Gasteiger partial charge in [-0.3, -0.25) is 19.3 Å². The lowest BCUT2D eigenvalue weighted by Gasteiger charge is -1.99. The zero-order chi connectivity index (χ0) is 22.4. The highest BCUT2D eigenvalue weighted by molar-refractivity contribution is 5.95. The highest BCUT2D eigenvalue weighted by Gasteiger charge is 2.18. The fourth-order valence-electron chi connectivity index (χ4n) is 2.85. The molecule has 4 heterocycles. The van der Waals surface area contributed by atoms with Gasteiger partial charge in [-0.05, 0) is 12.1 Å². The van der Waals surface area contributed by atoms with Crippen molar-refractivity contribution in [3.63, 3.8) is 0 Å². The Kier molecular flexibility index (Phi) is 6.51. The quantitative estimate of drug-likeness (QED) is 0.499. The van der Waals surface area contributed by atoms with Gasteiger partial charge in [-0.2, -0.15) is 10.2 Å². The van der Waals surface area contributed by atoms with Crippen LogP contribution in [0.25, 0.3) is 22.3 Å². The van der Waals surface area contributed by atoms with E-state index >= 15 is 0 Å². The third kappa shape index (κ3) is 4.99. The van der Waals surface area contributed by atoms with E-state index in [0.717, 1.165) is 16.7 Å². The van der Waals surface area contributed by atoms with Gasteiger partial charge in [0, 0.05) is 73.5 Å². The normalized spacial score (nSPS) is 10.2. The smallest absolute Gasteiger partial charge is 0.359 e. The molecule has 31 heavy (non-hydrogen) atoms. The largest absolute Gasteiger partial charge is 0.476 e. The minimum Gasteiger partial charge on any atom is -0.476 e. The van der Waals surface area contributed by atoms with Crippen molar-refractivity contribution in [3.05, 3.63) is 72.8 Å². The predicted octanol–water partition coefficient (Wildman–Crippen LogP) is 2.45. The van der Waals surface area contributed by atoms with Crippen LogP contribution in [0, 0.1) is 0 Å². The number of aryl methyl sites for hydroxylation is 2. The Labute approximate surface area is 177 Å². The fraction of sp³-hybridized carbons (Fsp3) is 0.143. The SMILES string of the molecule is COC(=O)c1nn(C)cc1-c1cccnc1.Cn1cc(-c2cccnc2)c(C(=O)O)n1. The first kappa shape index (κ1) is 21.4. The second-order valence-corrected chi connectivity index (χ2v) is 6.41. The topological polar surface area (TPSA) is 125 Å². The number of rotatable bonds is 4. The summed E-state index contributed by atoms with van der Waals surface area (Å²) in [4.78, 5) is 30.4. The van der Waals surface area contributed by atoms with E-state index in [9.17, 15) is 9.59 Å². The van der Waals surface area contributed by atoms with E-state index in [1.165, 1.54) is 11.8 Å². The molecule has 0 aliphatic carbocycles. The molecule has 0 radical (unpaired) electrons. The number of hydrogen-bond donors (Lipinski definition) is 1. The molecule has 0 atom stereocenters. The third-order valence-corrected chi connectivity index (χ3v) is 4.18. The molecule has 0 saturated heterocycles. The Bertz CT molecular complexity index is 1190. The van der Waals surface area contributed by atoms with Crippen LogP contribution in [0.3, 0.4) is 0 Å². The van der Waals surface area contributed by atoms with E-state index in [2.05, 4.69) is 24.9 Å². The molecule has 0 aliphatic rings. The summed E-state index contributed by atoms with van der Waals surface area (Å²) in [5, 5.41) is 16.9. The first-order valence-electron chi connectivity index (χ1n) is 9.10. The standard InChI is InChI=1S/C11H11N3O2.C10H9N3O2/c1-14-7-9(8-4-3-5-12-6-8)10(13-14)11(15)16-2;1-13-6-8(9(12-13)10(14)15)7-3-2-4-11-5-7/h3-7H,1-2H3;2-6H,1H3,(H,14,15). The van der Waals surface area contributed by atoms with Gasteiger partial charge in [-0.15, -0.1) is 0 Å². The van der Waals surface area contributed by atoms with Crippen LogP contribution < -0.4 is 0 Å². The Hall–Kier alpha value is -4.34. The number of carbonyl (C=O) groups excluding carboxylic acids is 1. The van der Waals surface area contributed by atoms with Crippen LogP contribution in [-0.4, -0.2) is 53.7 Å². The number of esters is 1. The molecule has 0 spiro atoms. The first-order chi connectivity index (χ1) is 14.9. The number of carboxylic acid groups (broad SMARTS) is 1. The van der Waals surface area contributed by atoms with E-state index in [-0.39, 0.29) is 5.69 Å². The van der Waals surface area contributed by atoms with Gasteiger partial charge in [0.25, 0.3) is 0 Å². The second-order valence-electron chi connectivity index (χ2n) is 6.41. The average Bonchev–Trinajstić information content (AvgIpc) is 3.38. The highest BCUT2D eigenvalue weighted by atomic mass is 16.5. The van der Waals surface area contributed by atoms with E-state index in [1.54, 1.807) is 68.1 Å². The van der Waals surface area contributed by atoms with E-state index < -0.39 is 11.9 Å². The summed E-state index contributed by atoms with van der Waals surface area (Å²) in [7, 11) is 4.78. The lowest BCUT2D eigenvalue weighted by Crippen LogP contribution is -2.04. The number of nitrogens with zero attached hydrogens (tertiary/aromatic N) is 6. The van der Waals surface area contributed by atoms with Gasteiger partial charge >= 0.3 is 11.9 Å². The minimum atomic E-state index is -1.03. The number of aromatic carboxylic acids is 1. The minimum absolute atomic E-state index is 0.0468. The maximum Gasteiger partial charge on any atom is 0.359 e. The zero-order valence-corrected chi connectivity index (χ0v) is 17.1. The Morgan fingerprint density at radius 3 is 1.77 bits per heavy atom. The molecular weight excluding hydrogens is 400 g/mol. The van der Waals surface area contributed by atoms with Crippen molar-refractivity contribution >= 4 is 11.9 Å². The van der Waals surface area contributed by atoms with Gasteiger partial charge in [-0.25, -0.2) is 9.59 Å². The van der Waals surface area contributed by atoms with Gasteiger partial charge in [0.2, 0.25) is 0 Å². The summed E-state index contributed by atoms with van der Waals surface area (Å²) in [6.07, 6.45) is 10.1. The van der Waals surface area contributed by atoms with Gasteiger partial charge in [-0.1, -0.05) is 12.1 Å². The van der Waals surface area contributed by atoms with Crippen LogP contribution in [0.5, 0.6) is 0 Å². The first-order valence-corrected chi connectivity index (χ1v) is 9.10. The summed E-state index contributed by atoms with van der Waals surface area (Å²) in [5.41, 5.74) is 3.25. The number of methoxy groups -OCH3 is 1. The second kappa shape index (κ2) is 9.44. The molecule has 0 bridgehead atoms. The Balaban J connectivity index is 0.000000176. The van der Waals surface area contributed by atoms with E-state index in [0.29, 0.717) is 11.3 Å². The van der Waals surface area contributed by atoms with Crippen LogP contribution in [0.4, 0.5) is 0 Å². The molecule has 0 fully saturated rings. The van der Waals surface area contributed by atoms with Gasteiger partial charge in [0.15, 0.2) is 11.4 Å². The fourth-order valence-corrected chi connectivity index (χ4v) is 2.85. The van der Waals surface area contributed by atoms with Crippen LogP contribution >= 0.6 is 0 Å². The molecule has 158 valence electrons. The zero-order valence-electron chi connectivity index (χ0n) is 17.1. The Morgan fingerprint density at radius 1 is 0.871 bits per heavy atom. The molecule has 0 aliphatic heterocycles. The summed E-state index contributed by atoms with van der Waals surface area (Å²) in [5.74, 6) is -1.48.